The Balaban J connectivity index is 1.99. The zero-order valence-electron chi connectivity index (χ0n) is 13.0. The first-order valence-corrected chi connectivity index (χ1v) is 7.35. The Morgan fingerprint density at radius 3 is 2.91 bits per heavy atom. The van der Waals surface area contributed by atoms with E-state index < -0.39 is 0 Å². The molecule has 0 aliphatic carbocycles. The molecule has 4 heteroatoms. The minimum Gasteiger partial charge on any atom is -0.368 e. The molecular weight excluding hydrogens is 277 g/mol. The van der Waals surface area contributed by atoms with Crippen molar-refractivity contribution in [2.24, 2.45) is 5.73 Å². The van der Waals surface area contributed by atoms with Crippen LogP contribution in [-0.4, -0.2) is 6.04 Å². The maximum absolute atomic E-state index is 13.3. The van der Waals surface area contributed by atoms with E-state index in [0.717, 1.165) is 29.1 Å². The lowest BCUT2D eigenvalue weighted by Crippen LogP contribution is -2.15. The van der Waals surface area contributed by atoms with Crippen molar-refractivity contribution < 1.29 is 4.39 Å². The van der Waals surface area contributed by atoms with Crippen LogP contribution in [-0.2, 0) is 0 Å². The van der Waals surface area contributed by atoms with Crippen molar-refractivity contribution in [3.8, 4) is 0 Å². The molecule has 1 atom stereocenters. The number of halogens is 1. The van der Waals surface area contributed by atoms with Gasteiger partial charge in [-0.2, -0.15) is 0 Å². The molecule has 2 rings (SSSR count). The van der Waals surface area contributed by atoms with Crippen LogP contribution in [0.5, 0.6) is 0 Å². The summed E-state index contributed by atoms with van der Waals surface area (Å²) in [6.45, 7) is 8.04. The summed E-state index contributed by atoms with van der Waals surface area (Å²) in [5.41, 5.74) is 9.57. The summed E-state index contributed by atoms with van der Waals surface area (Å²) >= 11 is 0. The fourth-order valence-corrected chi connectivity index (χ4v) is 2.13. The van der Waals surface area contributed by atoms with Crippen LogP contribution < -0.4 is 16.0 Å². The molecule has 0 spiro atoms. The van der Waals surface area contributed by atoms with Gasteiger partial charge in [-0.05, 0) is 49.4 Å². The maximum Gasteiger partial charge on any atom is 0.125 e. The van der Waals surface area contributed by atoms with E-state index in [4.69, 9.17) is 5.73 Å². The van der Waals surface area contributed by atoms with E-state index in [-0.39, 0.29) is 11.9 Å². The highest BCUT2D eigenvalue weighted by Gasteiger charge is 2.34. The zero-order chi connectivity index (χ0) is 16.1. The SMILES string of the molecule is C=C1C(=C(C)/C=C\N/C=C/C(N)CC)N1c1cccc(F)c1. The molecule has 1 unspecified atom stereocenters. The largest absolute Gasteiger partial charge is 0.368 e. The molecule has 1 aromatic rings. The molecule has 3 N–H and O–H groups in total. The summed E-state index contributed by atoms with van der Waals surface area (Å²) in [6, 6.07) is 6.58. The van der Waals surface area contributed by atoms with E-state index in [1.165, 1.54) is 12.1 Å². The number of allylic oxidation sites excluding steroid dienone is 2. The molecule has 1 saturated heterocycles. The molecule has 1 heterocycles. The molecule has 0 amide bonds. The Labute approximate surface area is 131 Å². The van der Waals surface area contributed by atoms with Gasteiger partial charge in [0.2, 0.25) is 0 Å². The lowest BCUT2D eigenvalue weighted by atomic mass is 10.2. The summed E-state index contributed by atoms with van der Waals surface area (Å²) in [5, 5.41) is 3.06. The van der Waals surface area contributed by atoms with Gasteiger partial charge < -0.3 is 16.0 Å². The summed E-state index contributed by atoms with van der Waals surface area (Å²) in [4.78, 5) is 1.94. The fourth-order valence-electron chi connectivity index (χ4n) is 2.13. The van der Waals surface area contributed by atoms with Crippen molar-refractivity contribution in [3.05, 3.63) is 78.2 Å². The highest BCUT2D eigenvalue weighted by molar-refractivity contribution is 5.79. The van der Waals surface area contributed by atoms with Crippen LogP contribution in [0.4, 0.5) is 10.1 Å². The third-order valence-corrected chi connectivity index (χ3v) is 3.50. The van der Waals surface area contributed by atoms with Crippen molar-refractivity contribution in [1.82, 2.24) is 5.32 Å². The van der Waals surface area contributed by atoms with Gasteiger partial charge >= 0.3 is 0 Å². The molecule has 1 fully saturated rings. The van der Waals surface area contributed by atoms with Crippen molar-refractivity contribution in [2.75, 3.05) is 4.90 Å². The topological polar surface area (TPSA) is 41.1 Å². The van der Waals surface area contributed by atoms with E-state index in [9.17, 15) is 4.39 Å². The lowest BCUT2D eigenvalue weighted by Gasteiger charge is -2.01. The number of nitrogens with two attached hydrogens (primary N) is 1. The molecule has 0 saturated carbocycles. The first kappa shape index (κ1) is 16.0. The van der Waals surface area contributed by atoms with Crippen LogP contribution >= 0.6 is 0 Å². The highest BCUT2D eigenvalue weighted by atomic mass is 19.1. The van der Waals surface area contributed by atoms with Crippen molar-refractivity contribution in [2.45, 2.75) is 26.3 Å². The van der Waals surface area contributed by atoms with E-state index >= 15 is 0 Å². The van der Waals surface area contributed by atoms with Gasteiger partial charge in [-0.3, -0.25) is 0 Å². The van der Waals surface area contributed by atoms with E-state index in [0.29, 0.717) is 0 Å². The molecule has 1 aliphatic rings. The normalized spacial score (nSPS) is 18.2. The second kappa shape index (κ2) is 7.09. The Kier molecular flexibility index (Phi) is 5.17. The molecule has 0 radical (unpaired) electrons. The standard InChI is InChI=1S/C18H22FN3/c1-4-16(20)9-11-21-10-8-13(2)18-14(3)22(18)17-7-5-6-15(19)12-17/h5-12,16,21H,3-4,20H2,1-2H3/b10-8-,11-9+,18-13?. The summed E-state index contributed by atoms with van der Waals surface area (Å²) in [7, 11) is 0. The monoisotopic (exact) mass is 299 g/mol. The van der Waals surface area contributed by atoms with Gasteiger partial charge in [0.25, 0.3) is 0 Å². The van der Waals surface area contributed by atoms with E-state index in [2.05, 4.69) is 11.9 Å². The third kappa shape index (κ3) is 3.86. The minimum atomic E-state index is -0.246. The van der Waals surface area contributed by atoms with Crippen LogP contribution in [0.15, 0.2) is 72.4 Å². The highest BCUT2D eigenvalue weighted by Crippen LogP contribution is 2.43. The first-order chi connectivity index (χ1) is 10.5. The van der Waals surface area contributed by atoms with E-state index in [1.54, 1.807) is 6.07 Å². The molecule has 0 bridgehead atoms. The van der Waals surface area contributed by atoms with Crippen LogP contribution in [0.2, 0.25) is 0 Å². The van der Waals surface area contributed by atoms with Crippen LogP contribution in [0, 0.1) is 5.82 Å². The Bertz CT molecular complexity index is 643. The van der Waals surface area contributed by atoms with Crippen LogP contribution in [0.25, 0.3) is 0 Å². The molecule has 1 aliphatic heterocycles. The Hall–Kier alpha value is -2.33. The van der Waals surface area contributed by atoms with Gasteiger partial charge in [0.05, 0.1) is 11.4 Å². The zero-order valence-corrected chi connectivity index (χ0v) is 13.0. The molecule has 3 nitrogen and oxygen atoms in total. The molecule has 22 heavy (non-hydrogen) atoms. The Morgan fingerprint density at radius 2 is 2.23 bits per heavy atom. The number of benzene rings is 1. The number of hydrogen-bond acceptors (Lipinski definition) is 3. The van der Waals surface area contributed by atoms with Crippen molar-refractivity contribution in [1.29, 1.82) is 0 Å². The third-order valence-electron chi connectivity index (χ3n) is 3.50. The van der Waals surface area contributed by atoms with Gasteiger partial charge in [0, 0.05) is 17.9 Å². The number of nitrogens with one attached hydrogen (secondary N) is 1. The quantitative estimate of drug-likeness (QED) is 0.785. The number of nitrogens with zero attached hydrogens (tertiary/aromatic N) is 1. The summed E-state index contributed by atoms with van der Waals surface area (Å²) in [5.74, 6) is -0.246. The predicted octanol–water partition coefficient (Wildman–Crippen LogP) is 3.79. The van der Waals surface area contributed by atoms with Crippen molar-refractivity contribution in [3.63, 3.8) is 0 Å². The van der Waals surface area contributed by atoms with Gasteiger partial charge in [0.1, 0.15) is 5.82 Å². The second-order valence-electron chi connectivity index (χ2n) is 5.22. The van der Waals surface area contributed by atoms with E-state index in [1.807, 2.05) is 49.4 Å². The minimum absolute atomic E-state index is 0.0760. The first-order valence-electron chi connectivity index (χ1n) is 7.35. The Morgan fingerprint density at radius 1 is 1.45 bits per heavy atom. The number of rotatable bonds is 6. The summed E-state index contributed by atoms with van der Waals surface area (Å²) in [6.07, 6.45) is 8.46. The second-order valence-corrected chi connectivity index (χ2v) is 5.22. The smallest absolute Gasteiger partial charge is 0.125 e. The van der Waals surface area contributed by atoms with Gasteiger partial charge in [-0.25, -0.2) is 4.39 Å². The average Bonchev–Trinajstić information content (AvgIpc) is 3.17. The average molecular weight is 299 g/mol. The molecular formula is C18H22FN3. The van der Waals surface area contributed by atoms with Gasteiger partial charge in [-0.15, -0.1) is 0 Å². The molecule has 1 aromatic carbocycles. The number of hydrogen-bond donors (Lipinski definition) is 2. The molecule has 116 valence electrons. The fraction of sp³-hybridized carbons (Fsp3) is 0.222. The van der Waals surface area contributed by atoms with Gasteiger partial charge in [0.15, 0.2) is 0 Å². The summed E-state index contributed by atoms with van der Waals surface area (Å²) < 4.78 is 13.3. The predicted molar refractivity (Wildman–Crippen MR) is 90.4 cm³/mol. The molecule has 0 aromatic heterocycles. The lowest BCUT2D eigenvalue weighted by molar-refractivity contribution is 0.628. The van der Waals surface area contributed by atoms with Crippen LogP contribution in [0.3, 0.4) is 0 Å². The number of anilines is 1. The van der Waals surface area contributed by atoms with Crippen LogP contribution in [0.1, 0.15) is 20.3 Å². The van der Waals surface area contributed by atoms with Gasteiger partial charge in [-0.1, -0.05) is 25.6 Å². The maximum atomic E-state index is 13.3. The van der Waals surface area contributed by atoms with Crippen molar-refractivity contribution >= 4 is 5.69 Å².